The minimum atomic E-state index is -3.55. The molecule has 8 nitrogen and oxygen atoms in total. The molecule has 29 heavy (non-hydrogen) atoms. The first kappa shape index (κ1) is 20.5. The van der Waals surface area contributed by atoms with E-state index in [-0.39, 0.29) is 23.6 Å². The van der Waals surface area contributed by atoms with Crippen LogP contribution in [0.1, 0.15) is 19.2 Å². The molecule has 1 heterocycles. The number of amides is 2. The number of imidazole rings is 1. The predicted molar refractivity (Wildman–Crippen MR) is 109 cm³/mol. The Morgan fingerprint density at radius 1 is 0.966 bits per heavy atom. The van der Waals surface area contributed by atoms with Crippen LogP contribution >= 0.6 is 0 Å². The fraction of sp³-hybridized carbons (Fsp3) is 0.250. The number of carbonyl (C=O) groups is 2. The maximum atomic E-state index is 12.3. The van der Waals surface area contributed by atoms with E-state index >= 15 is 0 Å². The van der Waals surface area contributed by atoms with Crippen molar-refractivity contribution in [2.24, 2.45) is 0 Å². The van der Waals surface area contributed by atoms with Crippen LogP contribution < -0.4 is 10.9 Å². The summed E-state index contributed by atoms with van der Waals surface area (Å²) in [7, 11) is -3.55. The monoisotopic (exact) mass is 414 g/mol. The highest BCUT2D eigenvalue weighted by Gasteiger charge is 2.17. The molecule has 0 aliphatic carbocycles. The molecule has 0 bridgehead atoms. The summed E-state index contributed by atoms with van der Waals surface area (Å²) < 4.78 is 26.2. The van der Waals surface area contributed by atoms with Crippen LogP contribution in [0.4, 0.5) is 0 Å². The first-order chi connectivity index (χ1) is 13.9. The third-order valence-electron chi connectivity index (χ3n) is 4.39. The maximum absolute atomic E-state index is 12.3. The van der Waals surface area contributed by atoms with Crippen LogP contribution in [0.15, 0.2) is 59.5 Å². The van der Waals surface area contributed by atoms with E-state index in [1.54, 1.807) is 22.8 Å². The molecule has 2 amide bonds. The summed E-state index contributed by atoms with van der Waals surface area (Å²) in [6, 6.07) is 15.4. The highest BCUT2D eigenvalue weighted by Crippen LogP contribution is 2.16. The molecular weight excluding hydrogens is 392 g/mol. The number of hydrogen-bond donors (Lipinski definition) is 2. The third-order valence-corrected chi connectivity index (χ3v) is 6.13. The lowest BCUT2D eigenvalue weighted by molar-refractivity contribution is -0.129. The van der Waals surface area contributed by atoms with Crippen LogP contribution in [-0.4, -0.2) is 35.5 Å². The van der Waals surface area contributed by atoms with Gasteiger partial charge in [0.1, 0.15) is 12.4 Å². The molecule has 0 aliphatic heterocycles. The summed E-state index contributed by atoms with van der Waals surface area (Å²) in [4.78, 5) is 28.9. The molecule has 0 saturated carbocycles. The van der Waals surface area contributed by atoms with E-state index in [0.29, 0.717) is 6.42 Å². The fourth-order valence-electron chi connectivity index (χ4n) is 2.93. The summed E-state index contributed by atoms with van der Waals surface area (Å²) in [5, 5.41) is 0. The van der Waals surface area contributed by atoms with E-state index in [0.717, 1.165) is 16.9 Å². The van der Waals surface area contributed by atoms with Gasteiger partial charge in [0.05, 0.1) is 21.7 Å². The number of para-hydroxylation sites is 2. The minimum Gasteiger partial charge on any atom is -0.318 e. The standard InChI is InChI=1S/C20H22N4O4S/c1-2-18-21-16-10-6-7-11-17(16)24(18)14-20(26)23-22-19(25)12-13-29(27,28)15-8-4-3-5-9-15/h3-11H,2,12-14H2,1H3,(H,22,25)(H,23,26). The van der Waals surface area contributed by atoms with Crippen molar-refractivity contribution in [3.63, 3.8) is 0 Å². The van der Waals surface area contributed by atoms with Gasteiger partial charge in [0.2, 0.25) is 5.91 Å². The van der Waals surface area contributed by atoms with Crippen molar-refractivity contribution >= 4 is 32.7 Å². The van der Waals surface area contributed by atoms with Gasteiger partial charge >= 0.3 is 0 Å². The molecule has 0 radical (unpaired) electrons. The van der Waals surface area contributed by atoms with E-state index in [2.05, 4.69) is 15.8 Å². The van der Waals surface area contributed by atoms with Gasteiger partial charge in [0.25, 0.3) is 5.91 Å². The Balaban J connectivity index is 1.54. The number of nitrogens with one attached hydrogen (secondary N) is 2. The van der Waals surface area contributed by atoms with Gasteiger partial charge < -0.3 is 4.57 Å². The number of benzene rings is 2. The van der Waals surface area contributed by atoms with E-state index < -0.39 is 21.7 Å². The molecule has 0 atom stereocenters. The number of hydrazine groups is 1. The van der Waals surface area contributed by atoms with Crippen LogP contribution in [-0.2, 0) is 32.4 Å². The summed E-state index contributed by atoms with van der Waals surface area (Å²) in [6.07, 6.45) is 0.400. The Bertz CT molecular complexity index is 1120. The van der Waals surface area contributed by atoms with Crippen LogP contribution in [0.2, 0.25) is 0 Å². The van der Waals surface area contributed by atoms with Gasteiger partial charge in [0.15, 0.2) is 9.84 Å². The van der Waals surface area contributed by atoms with Crippen molar-refractivity contribution in [2.75, 3.05) is 5.75 Å². The Kier molecular flexibility index (Phi) is 6.28. The number of sulfone groups is 1. The van der Waals surface area contributed by atoms with Crippen molar-refractivity contribution in [1.29, 1.82) is 0 Å². The first-order valence-electron chi connectivity index (χ1n) is 9.20. The number of carbonyl (C=O) groups excluding carboxylic acids is 2. The van der Waals surface area contributed by atoms with Crippen molar-refractivity contribution in [3.05, 3.63) is 60.4 Å². The Labute approximate surface area is 168 Å². The average molecular weight is 414 g/mol. The third kappa shape index (κ3) is 5.00. The second-order valence-electron chi connectivity index (χ2n) is 6.43. The topological polar surface area (TPSA) is 110 Å². The lowest BCUT2D eigenvalue weighted by Gasteiger charge is -2.10. The van der Waals surface area contributed by atoms with E-state index in [9.17, 15) is 18.0 Å². The van der Waals surface area contributed by atoms with Crippen LogP contribution in [0.25, 0.3) is 11.0 Å². The molecule has 3 rings (SSSR count). The number of nitrogens with zero attached hydrogens (tertiary/aromatic N) is 2. The van der Waals surface area contributed by atoms with Gasteiger partial charge in [-0.3, -0.25) is 20.4 Å². The zero-order chi connectivity index (χ0) is 20.9. The molecule has 0 unspecified atom stereocenters. The lowest BCUT2D eigenvalue weighted by Crippen LogP contribution is -2.43. The van der Waals surface area contributed by atoms with Crippen molar-refractivity contribution in [1.82, 2.24) is 20.4 Å². The first-order valence-corrected chi connectivity index (χ1v) is 10.9. The van der Waals surface area contributed by atoms with E-state index in [4.69, 9.17) is 0 Å². The van der Waals surface area contributed by atoms with Crippen LogP contribution in [0.3, 0.4) is 0 Å². The van der Waals surface area contributed by atoms with Crippen molar-refractivity contribution < 1.29 is 18.0 Å². The lowest BCUT2D eigenvalue weighted by atomic mass is 10.3. The summed E-state index contributed by atoms with van der Waals surface area (Å²) in [5.41, 5.74) is 6.23. The van der Waals surface area contributed by atoms with Gasteiger partial charge in [-0.1, -0.05) is 37.3 Å². The van der Waals surface area contributed by atoms with Crippen LogP contribution in [0, 0.1) is 0 Å². The fourth-order valence-corrected chi connectivity index (χ4v) is 4.19. The number of aryl methyl sites for hydroxylation is 1. The molecule has 3 aromatic rings. The summed E-state index contributed by atoms with van der Waals surface area (Å²) in [5.74, 6) is -0.585. The molecular formula is C20H22N4O4S. The number of hydrogen-bond acceptors (Lipinski definition) is 5. The van der Waals surface area contributed by atoms with E-state index in [1.807, 2.05) is 31.2 Å². The zero-order valence-corrected chi connectivity index (χ0v) is 16.8. The number of rotatable bonds is 7. The van der Waals surface area contributed by atoms with Gasteiger partial charge in [-0.05, 0) is 24.3 Å². The molecule has 2 aromatic carbocycles. The minimum absolute atomic E-state index is 0.00766. The zero-order valence-electron chi connectivity index (χ0n) is 16.0. The quantitative estimate of drug-likeness (QED) is 0.571. The number of aromatic nitrogens is 2. The number of fused-ring (bicyclic) bond motifs is 1. The maximum Gasteiger partial charge on any atom is 0.258 e. The second kappa shape index (κ2) is 8.87. The second-order valence-corrected chi connectivity index (χ2v) is 8.54. The molecule has 1 aromatic heterocycles. The smallest absolute Gasteiger partial charge is 0.258 e. The Hall–Kier alpha value is -3.20. The molecule has 0 spiro atoms. The summed E-state index contributed by atoms with van der Waals surface area (Å²) in [6.45, 7) is 1.94. The van der Waals surface area contributed by atoms with Gasteiger partial charge in [-0.15, -0.1) is 0 Å². The highest BCUT2D eigenvalue weighted by molar-refractivity contribution is 7.91. The van der Waals surface area contributed by atoms with Crippen molar-refractivity contribution in [2.45, 2.75) is 31.2 Å². The van der Waals surface area contributed by atoms with Gasteiger partial charge in [-0.25, -0.2) is 13.4 Å². The Morgan fingerprint density at radius 3 is 2.34 bits per heavy atom. The predicted octanol–water partition coefficient (Wildman–Crippen LogP) is 1.61. The normalized spacial score (nSPS) is 11.3. The molecule has 0 saturated heterocycles. The van der Waals surface area contributed by atoms with Gasteiger partial charge in [-0.2, -0.15) is 0 Å². The average Bonchev–Trinajstić information content (AvgIpc) is 3.09. The van der Waals surface area contributed by atoms with Gasteiger partial charge in [0, 0.05) is 12.8 Å². The molecule has 2 N–H and O–H groups in total. The SMILES string of the molecule is CCc1nc2ccccc2n1CC(=O)NNC(=O)CCS(=O)(=O)c1ccccc1. The largest absolute Gasteiger partial charge is 0.318 e. The molecule has 152 valence electrons. The van der Waals surface area contributed by atoms with Crippen molar-refractivity contribution in [3.8, 4) is 0 Å². The Morgan fingerprint density at radius 2 is 1.62 bits per heavy atom. The summed E-state index contributed by atoms with van der Waals surface area (Å²) >= 11 is 0. The molecule has 0 fully saturated rings. The van der Waals surface area contributed by atoms with Crippen LogP contribution in [0.5, 0.6) is 0 Å². The molecule has 0 aliphatic rings. The molecule has 9 heteroatoms. The highest BCUT2D eigenvalue weighted by atomic mass is 32.2. The van der Waals surface area contributed by atoms with E-state index in [1.165, 1.54) is 12.1 Å².